The fraction of sp³-hybridized carbons (Fsp3) is 0.333. The fourth-order valence-electron chi connectivity index (χ4n) is 1.77. The molecule has 1 heterocycles. The maximum atomic E-state index is 11.9. The van der Waals surface area contributed by atoms with Crippen molar-refractivity contribution in [3.8, 4) is 0 Å². The molecule has 0 aliphatic carbocycles. The smallest absolute Gasteiger partial charge is 0.324 e. The van der Waals surface area contributed by atoms with E-state index in [9.17, 15) is 9.59 Å². The molecule has 90 valence electrons. The Bertz CT molecular complexity index is 419. The van der Waals surface area contributed by atoms with Crippen LogP contribution in [0.2, 0.25) is 0 Å². The minimum atomic E-state index is -0.295. The zero-order valence-electron chi connectivity index (χ0n) is 9.72. The normalized spacial score (nSPS) is 14.6. The molecule has 1 saturated heterocycles. The number of hydrogen-bond donors (Lipinski definition) is 1. The summed E-state index contributed by atoms with van der Waals surface area (Å²) in [6.45, 7) is 1.21. The van der Waals surface area contributed by atoms with Gasteiger partial charge < -0.3 is 10.2 Å². The van der Waals surface area contributed by atoms with E-state index in [0.717, 1.165) is 5.69 Å². The first kappa shape index (κ1) is 11.4. The first-order valence-corrected chi connectivity index (χ1v) is 5.53. The first-order valence-electron chi connectivity index (χ1n) is 5.53. The van der Waals surface area contributed by atoms with Crippen LogP contribution in [0.1, 0.15) is 0 Å². The largest absolute Gasteiger partial charge is 0.365 e. The molecule has 0 aromatic heterocycles. The highest BCUT2D eigenvalue weighted by Gasteiger charge is 2.26. The Morgan fingerprint density at radius 1 is 1.41 bits per heavy atom. The molecular weight excluding hydrogens is 218 g/mol. The number of imide groups is 1. The summed E-state index contributed by atoms with van der Waals surface area (Å²) >= 11 is 0. The van der Waals surface area contributed by atoms with Gasteiger partial charge in [0.15, 0.2) is 0 Å². The average Bonchev–Trinajstić information content (AvgIpc) is 2.76. The van der Waals surface area contributed by atoms with Gasteiger partial charge in [0.05, 0.1) is 6.54 Å². The van der Waals surface area contributed by atoms with Crippen LogP contribution in [0.5, 0.6) is 0 Å². The number of nitrogens with one attached hydrogen (secondary N) is 1. The molecule has 0 unspecified atom stereocenters. The number of anilines is 1. The van der Waals surface area contributed by atoms with Crippen molar-refractivity contribution in [3.63, 3.8) is 0 Å². The molecule has 1 aromatic carbocycles. The molecule has 2 rings (SSSR count). The second-order valence-corrected chi connectivity index (χ2v) is 3.97. The van der Waals surface area contributed by atoms with Crippen LogP contribution in [0.4, 0.5) is 10.5 Å². The van der Waals surface area contributed by atoms with Crippen molar-refractivity contribution in [2.75, 3.05) is 31.6 Å². The zero-order valence-corrected chi connectivity index (χ0v) is 9.72. The fourth-order valence-corrected chi connectivity index (χ4v) is 1.77. The number of hydrogen-bond acceptors (Lipinski definition) is 3. The van der Waals surface area contributed by atoms with Crippen molar-refractivity contribution >= 4 is 17.6 Å². The van der Waals surface area contributed by atoms with Crippen LogP contribution in [-0.2, 0) is 4.79 Å². The summed E-state index contributed by atoms with van der Waals surface area (Å²) in [5, 5.41) is 2.61. The third-order valence-electron chi connectivity index (χ3n) is 2.73. The van der Waals surface area contributed by atoms with E-state index in [4.69, 9.17) is 0 Å². The highest BCUT2D eigenvalue weighted by atomic mass is 16.2. The molecule has 3 amide bonds. The predicted octanol–water partition coefficient (Wildman–Crippen LogP) is 0.675. The summed E-state index contributed by atoms with van der Waals surface area (Å²) in [6, 6.07) is 9.32. The molecular formula is C12H15N3O2. The number of amides is 3. The molecule has 1 aromatic rings. The van der Waals surface area contributed by atoms with Gasteiger partial charge in [-0.3, -0.25) is 9.69 Å². The summed E-state index contributed by atoms with van der Waals surface area (Å²) in [5.41, 5.74) is 0.959. The van der Waals surface area contributed by atoms with Crippen molar-refractivity contribution in [1.29, 1.82) is 0 Å². The quantitative estimate of drug-likeness (QED) is 0.835. The van der Waals surface area contributed by atoms with Gasteiger partial charge in [0.2, 0.25) is 5.91 Å². The molecule has 1 aliphatic rings. The summed E-state index contributed by atoms with van der Waals surface area (Å²) in [6.07, 6.45) is 0. The summed E-state index contributed by atoms with van der Waals surface area (Å²) in [7, 11) is 1.83. The molecule has 17 heavy (non-hydrogen) atoms. The van der Waals surface area contributed by atoms with Gasteiger partial charge in [0, 0.05) is 25.8 Å². The van der Waals surface area contributed by atoms with Crippen molar-refractivity contribution in [3.05, 3.63) is 30.3 Å². The molecule has 5 heteroatoms. The number of benzene rings is 1. The number of urea groups is 1. The van der Waals surface area contributed by atoms with Gasteiger partial charge in [-0.15, -0.1) is 0 Å². The Morgan fingerprint density at radius 3 is 2.71 bits per heavy atom. The van der Waals surface area contributed by atoms with Crippen LogP contribution in [-0.4, -0.2) is 43.5 Å². The van der Waals surface area contributed by atoms with Crippen LogP contribution in [0.15, 0.2) is 30.3 Å². The Hall–Kier alpha value is -2.04. The average molecular weight is 233 g/mol. The van der Waals surface area contributed by atoms with Gasteiger partial charge in [-0.05, 0) is 12.1 Å². The van der Waals surface area contributed by atoms with E-state index in [2.05, 4.69) is 5.32 Å². The highest BCUT2D eigenvalue weighted by molar-refractivity contribution is 5.97. The Balaban J connectivity index is 1.97. The second-order valence-electron chi connectivity index (χ2n) is 3.97. The third-order valence-corrected chi connectivity index (χ3v) is 2.73. The Labute approximate surface area is 100 Å². The van der Waals surface area contributed by atoms with E-state index >= 15 is 0 Å². The number of likely N-dealkylation sites (N-methyl/N-ethyl adjacent to an activating group) is 1. The minimum Gasteiger partial charge on any atom is -0.365 e. The molecule has 0 atom stereocenters. The molecule has 1 fully saturated rings. The zero-order chi connectivity index (χ0) is 12.3. The monoisotopic (exact) mass is 233 g/mol. The van der Waals surface area contributed by atoms with Crippen molar-refractivity contribution in [2.45, 2.75) is 0 Å². The van der Waals surface area contributed by atoms with Crippen molar-refractivity contribution in [1.82, 2.24) is 10.2 Å². The summed E-state index contributed by atoms with van der Waals surface area (Å²) in [4.78, 5) is 26.2. The van der Waals surface area contributed by atoms with Crippen LogP contribution in [0.3, 0.4) is 0 Å². The second kappa shape index (κ2) is 4.86. The van der Waals surface area contributed by atoms with Crippen molar-refractivity contribution < 1.29 is 9.59 Å². The molecule has 0 saturated carbocycles. The van der Waals surface area contributed by atoms with E-state index in [1.54, 1.807) is 0 Å². The van der Waals surface area contributed by atoms with Gasteiger partial charge in [-0.25, -0.2) is 4.79 Å². The Kier molecular flexibility index (Phi) is 3.27. The number of nitrogens with zero attached hydrogens (tertiary/aromatic N) is 2. The molecule has 0 bridgehead atoms. The van der Waals surface area contributed by atoms with E-state index < -0.39 is 0 Å². The highest BCUT2D eigenvalue weighted by Crippen LogP contribution is 2.11. The van der Waals surface area contributed by atoms with E-state index in [1.807, 2.05) is 42.3 Å². The first-order chi connectivity index (χ1) is 8.18. The maximum Gasteiger partial charge on any atom is 0.324 e. The maximum absolute atomic E-state index is 11.9. The van der Waals surface area contributed by atoms with Crippen LogP contribution >= 0.6 is 0 Å². The molecule has 0 spiro atoms. The lowest BCUT2D eigenvalue weighted by atomic mass is 10.3. The van der Waals surface area contributed by atoms with Crippen LogP contribution < -0.4 is 10.2 Å². The van der Waals surface area contributed by atoms with Gasteiger partial charge in [0.1, 0.15) is 0 Å². The molecule has 5 nitrogen and oxygen atoms in total. The van der Waals surface area contributed by atoms with E-state index in [0.29, 0.717) is 13.1 Å². The van der Waals surface area contributed by atoms with E-state index in [1.165, 1.54) is 4.90 Å². The SMILES string of the molecule is CN(CC(=O)N1CCNC1=O)c1ccccc1. The lowest BCUT2D eigenvalue weighted by Gasteiger charge is -2.21. The number of carbonyl (C=O) groups excluding carboxylic acids is 2. The number of rotatable bonds is 3. The van der Waals surface area contributed by atoms with E-state index in [-0.39, 0.29) is 18.5 Å². The number of para-hydroxylation sites is 1. The van der Waals surface area contributed by atoms with Gasteiger partial charge >= 0.3 is 6.03 Å². The molecule has 1 N–H and O–H groups in total. The summed E-state index contributed by atoms with van der Waals surface area (Å²) < 4.78 is 0. The summed E-state index contributed by atoms with van der Waals surface area (Å²) in [5.74, 6) is -0.175. The van der Waals surface area contributed by atoms with Gasteiger partial charge in [-0.2, -0.15) is 0 Å². The number of carbonyl (C=O) groups is 2. The Morgan fingerprint density at radius 2 is 2.12 bits per heavy atom. The lowest BCUT2D eigenvalue weighted by molar-refractivity contribution is -0.126. The molecule has 1 aliphatic heterocycles. The third kappa shape index (κ3) is 2.55. The lowest BCUT2D eigenvalue weighted by Crippen LogP contribution is -2.40. The standard InChI is InChI=1S/C12H15N3O2/c1-14(10-5-3-2-4-6-10)9-11(16)15-8-7-13-12(15)17/h2-6H,7-9H2,1H3,(H,13,17). The van der Waals surface area contributed by atoms with Gasteiger partial charge in [0.25, 0.3) is 0 Å². The van der Waals surface area contributed by atoms with Crippen LogP contribution in [0.25, 0.3) is 0 Å². The topological polar surface area (TPSA) is 52.7 Å². The van der Waals surface area contributed by atoms with Crippen molar-refractivity contribution in [2.24, 2.45) is 0 Å². The van der Waals surface area contributed by atoms with Gasteiger partial charge in [-0.1, -0.05) is 18.2 Å². The molecule has 0 radical (unpaired) electrons. The van der Waals surface area contributed by atoms with Crippen LogP contribution in [0, 0.1) is 0 Å². The minimum absolute atomic E-state index is 0.175. The predicted molar refractivity (Wildman–Crippen MR) is 64.8 cm³/mol.